The fourth-order valence-electron chi connectivity index (χ4n) is 1.69. The molecule has 1 aromatic rings. The molecule has 21 heavy (non-hydrogen) atoms. The molecule has 0 aliphatic rings. The lowest BCUT2D eigenvalue weighted by atomic mass is 10.2. The lowest BCUT2D eigenvalue weighted by Crippen LogP contribution is -2.33. The van der Waals surface area contributed by atoms with Crippen LogP contribution in [0.2, 0.25) is 0 Å². The van der Waals surface area contributed by atoms with Gasteiger partial charge in [-0.2, -0.15) is 0 Å². The maximum absolute atomic E-state index is 11.9. The fourth-order valence-corrected chi connectivity index (χ4v) is 1.82. The highest BCUT2D eigenvalue weighted by atomic mass is 32.1. The number of hydrogen-bond donors (Lipinski definition) is 3. The van der Waals surface area contributed by atoms with Crippen molar-refractivity contribution in [3.05, 3.63) is 29.8 Å². The van der Waals surface area contributed by atoms with Gasteiger partial charge in [-0.15, -0.1) is 0 Å². The van der Waals surface area contributed by atoms with Crippen LogP contribution in [0.4, 0.5) is 5.69 Å². The Morgan fingerprint density at radius 1 is 1.33 bits per heavy atom. The average Bonchev–Trinajstić information content (AvgIpc) is 2.44. The van der Waals surface area contributed by atoms with Crippen LogP contribution in [0.3, 0.4) is 0 Å². The first-order chi connectivity index (χ1) is 9.92. The molecular formula is C14H20N4O2S. The number of nitrogens with one attached hydrogen (secondary N) is 2. The molecule has 1 aromatic carbocycles. The average molecular weight is 308 g/mol. The third kappa shape index (κ3) is 6.33. The van der Waals surface area contributed by atoms with Crippen molar-refractivity contribution >= 4 is 34.7 Å². The van der Waals surface area contributed by atoms with E-state index in [2.05, 4.69) is 10.6 Å². The molecule has 0 bridgehead atoms. The molecule has 2 amide bonds. The van der Waals surface area contributed by atoms with Crippen molar-refractivity contribution in [2.75, 3.05) is 32.5 Å². The van der Waals surface area contributed by atoms with Crippen LogP contribution in [0.25, 0.3) is 0 Å². The Labute approximate surface area is 129 Å². The number of hydrogen-bond acceptors (Lipinski definition) is 4. The van der Waals surface area contributed by atoms with Crippen LogP contribution in [0, 0.1) is 0 Å². The van der Waals surface area contributed by atoms with Crippen molar-refractivity contribution in [3.63, 3.8) is 0 Å². The topological polar surface area (TPSA) is 87.5 Å². The fraction of sp³-hybridized carbons (Fsp3) is 0.357. The number of nitrogens with zero attached hydrogens (tertiary/aromatic N) is 1. The smallest absolute Gasteiger partial charge is 0.238 e. The summed E-state index contributed by atoms with van der Waals surface area (Å²) in [4.78, 5) is 25.1. The van der Waals surface area contributed by atoms with E-state index in [-0.39, 0.29) is 23.3 Å². The van der Waals surface area contributed by atoms with Crippen molar-refractivity contribution in [1.29, 1.82) is 0 Å². The Bertz CT molecular complexity index is 533. The van der Waals surface area contributed by atoms with Crippen LogP contribution in [-0.2, 0) is 9.59 Å². The Morgan fingerprint density at radius 3 is 2.67 bits per heavy atom. The summed E-state index contributed by atoms with van der Waals surface area (Å²) >= 11 is 4.89. The van der Waals surface area contributed by atoms with E-state index in [1.54, 1.807) is 43.3 Å². The number of carbonyl (C=O) groups excluding carboxylic acids is 2. The number of benzene rings is 1. The third-order valence-corrected chi connectivity index (χ3v) is 3.08. The minimum absolute atomic E-state index is 0.0496. The number of anilines is 1. The van der Waals surface area contributed by atoms with E-state index >= 15 is 0 Å². The maximum Gasteiger partial charge on any atom is 0.238 e. The van der Waals surface area contributed by atoms with Gasteiger partial charge in [-0.1, -0.05) is 24.4 Å². The number of likely N-dealkylation sites (N-methyl/N-ethyl adjacent to an activating group) is 1. The van der Waals surface area contributed by atoms with Gasteiger partial charge in [0.05, 0.1) is 6.54 Å². The van der Waals surface area contributed by atoms with Gasteiger partial charge in [-0.3, -0.25) is 14.5 Å². The minimum Gasteiger partial charge on any atom is -0.389 e. The van der Waals surface area contributed by atoms with Crippen LogP contribution in [0.15, 0.2) is 24.3 Å². The number of amides is 2. The second kappa shape index (κ2) is 8.33. The summed E-state index contributed by atoms with van der Waals surface area (Å²) in [6.45, 7) is 0.717. The Hall–Kier alpha value is -1.99. The molecule has 0 heterocycles. The summed E-state index contributed by atoms with van der Waals surface area (Å²) in [7, 11) is 3.37. The molecular weight excluding hydrogens is 288 g/mol. The van der Waals surface area contributed by atoms with Gasteiger partial charge in [0.15, 0.2) is 0 Å². The molecule has 1 rings (SSSR count). The molecule has 0 aliphatic carbocycles. The number of nitrogens with two attached hydrogens (primary N) is 1. The Balaban J connectivity index is 2.48. The molecule has 0 unspecified atom stereocenters. The van der Waals surface area contributed by atoms with Crippen LogP contribution >= 0.6 is 12.2 Å². The largest absolute Gasteiger partial charge is 0.389 e. The number of carbonyl (C=O) groups is 2. The van der Waals surface area contributed by atoms with Crippen molar-refractivity contribution in [1.82, 2.24) is 10.2 Å². The molecule has 0 spiro atoms. The Morgan fingerprint density at radius 2 is 2.05 bits per heavy atom. The van der Waals surface area contributed by atoms with E-state index in [0.717, 1.165) is 0 Å². The normalized spacial score (nSPS) is 10.2. The number of rotatable bonds is 7. The lowest BCUT2D eigenvalue weighted by Gasteiger charge is -2.15. The van der Waals surface area contributed by atoms with Crippen molar-refractivity contribution in [2.45, 2.75) is 6.42 Å². The van der Waals surface area contributed by atoms with Gasteiger partial charge in [0, 0.05) is 31.3 Å². The third-order valence-electron chi connectivity index (χ3n) is 2.84. The van der Waals surface area contributed by atoms with Crippen LogP contribution in [-0.4, -0.2) is 48.9 Å². The second-order valence-electron chi connectivity index (χ2n) is 4.65. The summed E-state index contributed by atoms with van der Waals surface area (Å²) < 4.78 is 0. The summed E-state index contributed by atoms with van der Waals surface area (Å²) in [5.41, 5.74) is 6.90. The van der Waals surface area contributed by atoms with Crippen molar-refractivity contribution in [3.8, 4) is 0 Å². The molecule has 4 N–H and O–H groups in total. The molecule has 114 valence electrons. The summed E-state index contributed by atoms with van der Waals surface area (Å²) in [6, 6.07) is 7.06. The highest BCUT2D eigenvalue weighted by Gasteiger charge is 2.09. The molecule has 6 nitrogen and oxygen atoms in total. The first kappa shape index (κ1) is 17.1. The standard InChI is InChI=1S/C14H20N4O2S/c1-16-12(19)6-7-18(2)9-13(20)17-11-5-3-4-10(8-11)14(15)21/h3-5,8H,6-7,9H2,1-2H3,(H2,15,21)(H,16,19)(H,17,20). The predicted octanol–water partition coefficient (Wildman–Crippen LogP) is 0.327. The van der Waals surface area contributed by atoms with Gasteiger partial charge in [0.1, 0.15) is 4.99 Å². The van der Waals surface area contributed by atoms with E-state index in [4.69, 9.17) is 18.0 Å². The molecule has 0 atom stereocenters. The summed E-state index contributed by atoms with van der Waals surface area (Å²) in [6.07, 6.45) is 0.358. The predicted molar refractivity (Wildman–Crippen MR) is 87.1 cm³/mol. The van der Waals surface area contributed by atoms with E-state index in [1.165, 1.54) is 0 Å². The molecule has 0 aliphatic heterocycles. The maximum atomic E-state index is 11.9. The molecule has 0 saturated carbocycles. The SMILES string of the molecule is CNC(=O)CCN(C)CC(=O)Nc1cccc(C(N)=S)c1. The van der Waals surface area contributed by atoms with Crippen LogP contribution in [0.1, 0.15) is 12.0 Å². The number of thiocarbonyl (C=S) groups is 1. The van der Waals surface area contributed by atoms with Gasteiger partial charge < -0.3 is 16.4 Å². The van der Waals surface area contributed by atoms with Gasteiger partial charge >= 0.3 is 0 Å². The van der Waals surface area contributed by atoms with Gasteiger partial charge in [0.2, 0.25) is 11.8 Å². The first-order valence-electron chi connectivity index (χ1n) is 6.51. The zero-order chi connectivity index (χ0) is 15.8. The van der Waals surface area contributed by atoms with Crippen molar-refractivity contribution in [2.24, 2.45) is 5.73 Å². The quantitative estimate of drug-likeness (QED) is 0.632. The summed E-state index contributed by atoms with van der Waals surface area (Å²) in [5, 5.41) is 5.31. The van der Waals surface area contributed by atoms with E-state index < -0.39 is 0 Å². The van der Waals surface area contributed by atoms with Gasteiger partial charge in [0.25, 0.3) is 0 Å². The van der Waals surface area contributed by atoms with Crippen molar-refractivity contribution < 1.29 is 9.59 Å². The van der Waals surface area contributed by atoms with Crippen LogP contribution in [0.5, 0.6) is 0 Å². The highest BCUT2D eigenvalue weighted by molar-refractivity contribution is 7.80. The van der Waals surface area contributed by atoms with Gasteiger partial charge in [-0.05, 0) is 19.2 Å². The molecule has 0 saturated heterocycles. The van der Waals surface area contributed by atoms with E-state index in [9.17, 15) is 9.59 Å². The van der Waals surface area contributed by atoms with E-state index in [0.29, 0.717) is 24.2 Å². The Kier molecular flexibility index (Phi) is 6.77. The zero-order valence-electron chi connectivity index (χ0n) is 12.2. The van der Waals surface area contributed by atoms with Crippen LogP contribution < -0.4 is 16.4 Å². The monoisotopic (exact) mass is 308 g/mol. The summed E-state index contributed by atoms with van der Waals surface area (Å²) in [5.74, 6) is -0.207. The van der Waals surface area contributed by atoms with Gasteiger partial charge in [-0.25, -0.2) is 0 Å². The minimum atomic E-state index is -0.158. The second-order valence-corrected chi connectivity index (χ2v) is 5.09. The molecule has 0 radical (unpaired) electrons. The van der Waals surface area contributed by atoms with E-state index in [1.807, 2.05) is 0 Å². The first-order valence-corrected chi connectivity index (χ1v) is 6.92. The molecule has 7 heteroatoms. The zero-order valence-corrected chi connectivity index (χ0v) is 13.0. The molecule has 0 fully saturated rings. The highest BCUT2D eigenvalue weighted by Crippen LogP contribution is 2.10. The molecule has 0 aromatic heterocycles. The lowest BCUT2D eigenvalue weighted by molar-refractivity contribution is -0.122.